The van der Waals surface area contributed by atoms with Crippen LogP contribution in [0.3, 0.4) is 0 Å². The van der Waals surface area contributed by atoms with E-state index in [4.69, 9.17) is 16.0 Å². The summed E-state index contributed by atoms with van der Waals surface area (Å²) in [4.78, 5) is 0. The van der Waals surface area contributed by atoms with E-state index in [1.807, 2.05) is 19.9 Å². The topological polar surface area (TPSA) is 38.9 Å². The zero-order chi connectivity index (χ0) is 10.1. The Morgan fingerprint density at radius 1 is 1.43 bits per heavy atom. The first kappa shape index (κ1) is 9.68. The first-order valence-corrected chi connectivity index (χ1v) is 5.51. The van der Waals surface area contributed by atoms with Crippen LogP contribution in [-0.4, -0.2) is 10.2 Å². The number of halogens is 1. The Morgan fingerprint density at radius 3 is 2.71 bits per heavy atom. The van der Waals surface area contributed by atoms with Gasteiger partial charge in [0.25, 0.3) is 0 Å². The maximum Gasteiger partial charge on any atom is 0.151 e. The minimum absolute atomic E-state index is 0.410. The number of aryl methyl sites for hydroxylation is 2. The van der Waals surface area contributed by atoms with Crippen LogP contribution in [0.25, 0.3) is 10.6 Å². The predicted molar refractivity (Wildman–Crippen MR) is 56.6 cm³/mol. The van der Waals surface area contributed by atoms with Gasteiger partial charge in [-0.1, -0.05) is 11.3 Å². The fourth-order valence-electron chi connectivity index (χ4n) is 1.26. The highest BCUT2D eigenvalue weighted by Crippen LogP contribution is 2.29. The summed E-state index contributed by atoms with van der Waals surface area (Å²) in [5, 5.41) is 9.72. The lowest BCUT2D eigenvalue weighted by Crippen LogP contribution is -1.76. The van der Waals surface area contributed by atoms with Crippen molar-refractivity contribution in [1.82, 2.24) is 10.2 Å². The lowest BCUT2D eigenvalue weighted by Gasteiger charge is -1.88. The molecule has 0 radical (unpaired) electrons. The van der Waals surface area contributed by atoms with Crippen LogP contribution in [0.5, 0.6) is 0 Å². The van der Waals surface area contributed by atoms with Gasteiger partial charge in [0.15, 0.2) is 5.01 Å². The van der Waals surface area contributed by atoms with Crippen molar-refractivity contribution in [2.75, 3.05) is 0 Å². The van der Waals surface area contributed by atoms with E-state index in [2.05, 4.69) is 10.2 Å². The molecule has 0 N–H and O–H groups in total. The molecule has 0 aliphatic carbocycles. The Balaban J connectivity index is 2.43. The molecule has 0 atom stereocenters. The molecular weight excluding hydrogens is 220 g/mol. The number of hydrogen-bond acceptors (Lipinski definition) is 4. The van der Waals surface area contributed by atoms with E-state index < -0.39 is 0 Å². The van der Waals surface area contributed by atoms with Crippen molar-refractivity contribution in [3.63, 3.8) is 0 Å². The third-order valence-electron chi connectivity index (χ3n) is 1.85. The number of furan rings is 1. The molecule has 14 heavy (non-hydrogen) atoms. The van der Waals surface area contributed by atoms with Gasteiger partial charge in [0.05, 0.1) is 11.4 Å². The second-order valence-electron chi connectivity index (χ2n) is 2.96. The fourth-order valence-corrected chi connectivity index (χ4v) is 2.23. The highest BCUT2D eigenvalue weighted by Gasteiger charge is 2.12. The molecule has 2 aromatic heterocycles. The van der Waals surface area contributed by atoms with Gasteiger partial charge in [-0.2, -0.15) is 0 Å². The SMILES string of the molecule is Cc1cc(-c2nnc(CCl)s2)c(C)o1. The van der Waals surface area contributed by atoms with Crippen LogP contribution in [0.4, 0.5) is 0 Å². The Labute approximate surface area is 90.7 Å². The van der Waals surface area contributed by atoms with Gasteiger partial charge in [0, 0.05) is 0 Å². The second-order valence-corrected chi connectivity index (χ2v) is 4.29. The van der Waals surface area contributed by atoms with Gasteiger partial charge in [0.1, 0.15) is 16.5 Å². The monoisotopic (exact) mass is 228 g/mol. The van der Waals surface area contributed by atoms with Crippen molar-refractivity contribution in [3.8, 4) is 10.6 Å². The molecule has 0 bridgehead atoms. The van der Waals surface area contributed by atoms with Crippen molar-refractivity contribution in [1.29, 1.82) is 0 Å². The molecule has 2 aromatic rings. The number of aromatic nitrogens is 2. The van der Waals surface area contributed by atoms with Crippen molar-refractivity contribution in [2.24, 2.45) is 0 Å². The number of rotatable bonds is 2. The molecule has 0 saturated carbocycles. The van der Waals surface area contributed by atoms with Gasteiger partial charge in [-0.25, -0.2) is 0 Å². The lowest BCUT2D eigenvalue weighted by atomic mass is 10.2. The van der Waals surface area contributed by atoms with Crippen molar-refractivity contribution in [3.05, 3.63) is 22.6 Å². The maximum absolute atomic E-state index is 5.66. The molecule has 3 nitrogen and oxygen atoms in total. The predicted octanol–water partition coefficient (Wildman–Crippen LogP) is 3.15. The Morgan fingerprint density at radius 2 is 2.21 bits per heavy atom. The normalized spacial score (nSPS) is 10.8. The van der Waals surface area contributed by atoms with E-state index in [1.54, 1.807) is 0 Å². The van der Waals surface area contributed by atoms with Crippen molar-refractivity contribution in [2.45, 2.75) is 19.7 Å². The largest absolute Gasteiger partial charge is 0.466 e. The molecule has 0 spiro atoms. The van der Waals surface area contributed by atoms with Crippen LogP contribution in [0, 0.1) is 13.8 Å². The summed E-state index contributed by atoms with van der Waals surface area (Å²) in [6.07, 6.45) is 0. The summed E-state index contributed by atoms with van der Waals surface area (Å²) in [5.74, 6) is 2.17. The van der Waals surface area contributed by atoms with E-state index in [1.165, 1.54) is 11.3 Å². The smallest absolute Gasteiger partial charge is 0.151 e. The van der Waals surface area contributed by atoms with Gasteiger partial charge >= 0.3 is 0 Å². The van der Waals surface area contributed by atoms with Crippen molar-refractivity contribution < 1.29 is 4.42 Å². The second kappa shape index (κ2) is 3.71. The number of nitrogens with zero attached hydrogens (tertiary/aromatic N) is 2. The highest BCUT2D eigenvalue weighted by atomic mass is 35.5. The molecule has 0 aliphatic heterocycles. The minimum atomic E-state index is 0.410. The van der Waals surface area contributed by atoms with E-state index in [0.717, 1.165) is 27.1 Å². The van der Waals surface area contributed by atoms with Gasteiger partial charge in [-0.3, -0.25) is 0 Å². The van der Waals surface area contributed by atoms with Crippen molar-refractivity contribution >= 4 is 22.9 Å². The summed E-state index contributed by atoms with van der Waals surface area (Å²) in [5.41, 5.74) is 1.01. The molecule has 74 valence electrons. The minimum Gasteiger partial charge on any atom is -0.466 e. The molecule has 5 heteroatoms. The Hall–Kier alpha value is -0.870. The van der Waals surface area contributed by atoms with Gasteiger partial charge in [-0.15, -0.1) is 21.8 Å². The van der Waals surface area contributed by atoms with Crippen LogP contribution in [0.15, 0.2) is 10.5 Å². The number of alkyl halides is 1. The number of hydrogen-bond donors (Lipinski definition) is 0. The first-order chi connectivity index (χ1) is 6.70. The average Bonchev–Trinajstić information content (AvgIpc) is 2.71. The molecule has 0 saturated heterocycles. The maximum atomic E-state index is 5.66. The summed E-state index contributed by atoms with van der Waals surface area (Å²) in [7, 11) is 0. The summed E-state index contributed by atoms with van der Waals surface area (Å²) in [6, 6.07) is 1.97. The summed E-state index contributed by atoms with van der Waals surface area (Å²) < 4.78 is 5.42. The standard InChI is InChI=1S/C9H9ClN2OS/c1-5-3-7(6(2)13-5)9-12-11-8(4-10)14-9/h3H,4H2,1-2H3. The average molecular weight is 229 g/mol. The van der Waals surface area contributed by atoms with Crippen LogP contribution in [0.2, 0.25) is 0 Å². The zero-order valence-electron chi connectivity index (χ0n) is 7.87. The van der Waals surface area contributed by atoms with E-state index >= 15 is 0 Å². The Kier molecular flexibility index (Phi) is 2.56. The Bertz CT molecular complexity index is 449. The zero-order valence-corrected chi connectivity index (χ0v) is 9.45. The summed E-state index contributed by atoms with van der Waals surface area (Å²) >= 11 is 7.16. The van der Waals surface area contributed by atoms with Crippen LogP contribution < -0.4 is 0 Å². The fraction of sp³-hybridized carbons (Fsp3) is 0.333. The third kappa shape index (κ3) is 1.67. The van der Waals surface area contributed by atoms with Gasteiger partial charge in [0.2, 0.25) is 0 Å². The molecular formula is C9H9ClN2OS. The molecule has 0 amide bonds. The lowest BCUT2D eigenvalue weighted by molar-refractivity contribution is 0.505. The first-order valence-electron chi connectivity index (χ1n) is 4.16. The highest BCUT2D eigenvalue weighted by molar-refractivity contribution is 7.14. The van der Waals surface area contributed by atoms with E-state index in [0.29, 0.717) is 5.88 Å². The molecule has 2 heterocycles. The molecule has 0 fully saturated rings. The third-order valence-corrected chi connectivity index (χ3v) is 3.22. The van der Waals surface area contributed by atoms with E-state index in [9.17, 15) is 0 Å². The molecule has 0 aromatic carbocycles. The molecule has 0 aliphatic rings. The van der Waals surface area contributed by atoms with Crippen LogP contribution in [0.1, 0.15) is 16.5 Å². The van der Waals surface area contributed by atoms with E-state index in [-0.39, 0.29) is 0 Å². The van der Waals surface area contributed by atoms with Gasteiger partial charge < -0.3 is 4.42 Å². The quantitative estimate of drug-likeness (QED) is 0.742. The van der Waals surface area contributed by atoms with Crippen LogP contribution >= 0.6 is 22.9 Å². The summed E-state index contributed by atoms with van der Waals surface area (Å²) in [6.45, 7) is 3.84. The van der Waals surface area contributed by atoms with Crippen LogP contribution in [-0.2, 0) is 5.88 Å². The molecule has 0 unspecified atom stereocenters. The molecule has 2 rings (SSSR count). The van der Waals surface area contributed by atoms with Gasteiger partial charge in [-0.05, 0) is 19.9 Å².